The molecular weight excluding hydrogens is 288 g/mol. The van der Waals surface area contributed by atoms with Gasteiger partial charge in [0.1, 0.15) is 0 Å². The second-order valence-electron chi connectivity index (χ2n) is 5.77. The van der Waals surface area contributed by atoms with Crippen molar-refractivity contribution in [2.75, 3.05) is 6.54 Å². The van der Waals surface area contributed by atoms with E-state index in [1.807, 2.05) is 38.1 Å². The molecule has 0 aliphatic heterocycles. The third-order valence-corrected chi connectivity index (χ3v) is 3.53. The average molecular weight is 313 g/mol. The van der Waals surface area contributed by atoms with E-state index in [-0.39, 0.29) is 30.5 Å². The number of nitrogens with two attached hydrogens (primary N) is 1. The van der Waals surface area contributed by atoms with Gasteiger partial charge >= 0.3 is 0 Å². The first kappa shape index (κ1) is 18.0. The molecule has 3 N–H and O–H groups in total. The molecule has 1 amide bonds. The van der Waals surface area contributed by atoms with Crippen LogP contribution in [0.1, 0.15) is 42.6 Å². The van der Waals surface area contributed by atoms with Gasteiger partial charge in [-0.05, 0) is 50.3 Å². The molecule has 4 nitrogen and oxygen atoms in total. The summed E-state index contributed by atoms with van der Waals surface area (Å²) in [5.74, 6) is 0.545. The Morgan fingerprint density at radius 3 is 2.48 bits per heavy atom. The van der Waals surface area contributed by atoms with Crippen molar-refractivity contribution < 1.29 is 9.53 Å². The standard InChI is InChI=1S/C16H24N2O2.ClH/c1-11(2)20-10-12-3-5-14(6-4-12)16(19)18-9-15(17)13-7-8-13;/h3-6,11,13,15H,7-10,17H2,1-2H3,(H,18,19);1H. The number of carbonyl (C=O) groups excluding carboxylic acids is 1. The first-order valence-corrected chi connectivity index (χ1v) is 7.30. The van der Waals surface area contributed by atoms with Gasteiger partial charge in [0.15, 0.2) is 0 Å². The minimum atomic E-state index is -0.0579. The number of rotatable bonds is 7. The van der Waals surface area contributed by atoms with Crippen molar-refractivity contribution in [3.8, 4) is 0 Å². The summed E-state index contributed by atoms with van der Waals surface area (Å²) in [6.45, 7) is 5.14. The second kappa shape index (κ2) is 8.37. The smallest absolute Gasteiger partial charge is 0.251 e. The molecule has 0 radical (unpaired) electrons. The molecule has 21 heavy (non-hydrogen) atoms. The summed E-state index contributed by atoms with van der Waals surface area (Å²) in [7, 11) is 0. The zero-order valence-electron chi connectivity index (χ0n) is 12.7. The fraction of sp³-hybridized carbons (Fsp3) is 0.562. The topological polar surface area (TPSA) is 64.3 Å². The third-order valence-electron chi connectivity index (χ3n) is 3.53. The minimum Gasteiger partial charge on any atom is -0.374 e. The summed E-state index contributed by atoms with van der Waals surface area (Å²) < 4.78 is 5.52. The molecule has 0 bridgehead atoms. The fourth-order valence-corrected chi connectivity index (χ4v) is 2.02. The summed E-state index contributed by atoms with van der Waals surface area (Å²) in [4.78, 5) is 12.0. The maximum atomic E-state index is 12.0. The van der Waals surface area contributed by atoms with Crippen LogP contribution in [0, 0.1) is 5.92 Å². The van der Waals surface area contributed by atoms with E-state index in [4.69, 9.17) is 10.5 Å². The van der Waals surface area contributed by atoms with Gasteiger partial charge in [0.05, 0.1) is 12.7 Å². The molecule has 5 heteroatoms. The number of hydrogen-bond acceptors (Lipinski definition) is 3. The molecule has 1 aliphatic rings. The largest absolute Gasteiger partial charge is 0.374 e. The number of hydrogen-bond donors (Lipinski definition) is 2. The molecule has 118 valence electrons. The number of carbonyl (C=O) groups is 1. The predicted molar refractivity (Wildman–Crippen MR) is 86.6 cm³/mol. The van der Waals surface area contributed by atoms with E-state index in [0.717, 1.165) is 5.56 Å². The van der Waals surface area contributed by atoms with Crippen LogP contribution in [0.2, 0.25) is 0 Å². The number of nitrogens with one attached hydrogen (secondary N) is 1. The second-order valence-corrected chi connectivity index (χ2v) is 5.77. The van der Waals surface area contributed by atoms with Gasteiger partial charge in [0, 0.05) is 18.2 Å². The van der Waals surface area contributed by atoms with Gasteiger partial charge in [0.25, 0.3) is 5.91 Å². The lowest BCUT2D eigenvalue weighted by atomic mass is 10.1. The molecule has 2 rings (SSSR count). The minimum absolute atomic E-state index is 0. The lowest BCUT2D eigenvalue weighted by molar-refractivity contribution is 0.0657. The Labute approximate surface area is 132 Å². The summed E-state index contributed by atoms with van der Waals surface area (Å²) >= 11 is 0. The van der Waals surface area contributed by atoms with E-state index in [2.05, 4.69) is 5.32 Å². The van der Waals surface area contributed by atoms with Gasteiger partial charge in [0.2, 0.25) is 0 Å². The summed E-state index contributed by atoms with van der Waals surface area (Å²) in [5, 5.41) is 2.89. The molecule has 1 unspecified atom stereocenters. The molecule has 1 saturated carbocycles. The van der Waals surface area contributed by atoms with E-state index >= 15 is 0 Å². The first-order valence-electron chi connectivity index (χ1n) is 7.30. The third kappa shape index (κ3) is 6.04. The van der Waals surface area contributed by atoms with Gasteiger partial charge in [-0.1, -0.05) is 12.1 Å². The van der Waals surface area contributed by atoms with Crippen molar-refractivity contribution >= 4 is 18.3 Å². The van der Waals surface area contributed by atoms with Gasteiger partial charge in [-0.3, -0.25) is 4.79 Å². The monoisotopic (exact) mass is 312 g/mol. The highest BCUT2D eigenvalue weighted by molar-refractivity contribution is 5.94. The zero-order chi connectivity index (χ0) is 14.5. The lowest BCUT2D eigenvalue weighted by Gasteiger charge is -2.12. The first-order chi connectivity index (χ1) is 9.56. The summed E-state index contributed by atoms with van der Waals surface area (Å²) in [5.41, 5.74) is 7.71. The normalized spacial score (nSPS) is 15.4. The number of amides is 1. The SMILES string of the molecule is CC(C)OCc1ccc(C(=O)NCC(N)C2CC2)cc1.Cl. The lowest BCUT2D eigenvalue weighted by Crippen LogP contribution is -2.38. The van der Waals surface area contributed by atoms with Gasteiger partial charge in [-0.2, -0.15) is 0 Å². The van der Waals surface area contributed by atoms with Crippen molar-refractivity contribution in [2.45, 2.75) is 45.4 Å². The summed E-state index contributed by atoms with van der Waals surface area (Å²) in [6.07, 6.45) is 2.60. The molecule has 1 atom stereocenters. The molecular formula is C16H25ClN2O2. The molecule has 1 fully saturated rings. The maximum Gasteiger partial charge on any atom is 0.251 e. The molecule has 1 aromatic rings. The van der Waals surface area contributed by atoms with E-state index in [9.17, 15) is 4.79 Å². The van der Waals surface area contributed by atoms with Crippen LogP contribution in [0.3, 0.4) is 0 Å². The molecule has 1 aromatic carbocycles. The molecule has 0 heterocycles. The van der Waals surface area contributed by atoms with Crippen LogP contribution < -0.4 is 11.1 Å². The zero-order valence-corrected chi connectivity index (χ0v) is 13.5. The predicted octanol–water partition coefficient (Wildman–Crippen LogP) is 2.50. The highest BCUT2D eigenvalue weighted by atomic mass is 35.5. The van der Waals surface area contributed by atoms with E-state index in [0.29, 0.717) is 24.6 Å². The molecule has 1 aliphatic carbocycles. The Hall–Kier alpha value is -1.10. The van der Waals surface area contributed by atoms with Crippen molar-refractivity contribution in [3.63, 3.8) is 0 Å². The van der Waals surface area contributed by atoms with Crippen molar-refractivity contribution in [2.24, 2.45) is 11.7 Å². The number of halogens is 1. The van der Waals surface area contributed by atoms with E-state index < -0.39 is 0 Å². The average Bonchev–Trinajstić information content (AvgIpc) is 3.27. The highest BCUT2D eigenvalue weighted by Gasteiger charge is 2.28. The fourth-order valence-electron chi connectivity index (χ4n) is 2.02. The summed E-state index contributed by atoms with van der Waals surface area (Å²) in [6, 6.07) is 7.61. The van der Waals surface area contributed by atoms with Gasteiger partial charge < -0.3 is 15.8 Å². The highest BCUT2D eigenvalue weighted by Crippen LogP contribution is 2.31. The Bertz CT molecular complexity index is 444. The Morgan fingerprint density at radius 1 is 1.33 bits per heavy atom. The van der Waals surface area contributed by atoms with Crippen LogP contribution in [0.5, 0.6) is 0 Å². The van der Waals surface area contributed by atoms with Crippen LogP contribution >= 0.6 is 12.4 Å². The molecule has 0 aromatic heterocycles. The van der Waals surface area contributed by atoms with Crippen LogP contribution in [0.15, 0.2) is 24.3 Å². The quantitative estimate of drug-likeness (QED) is 0.813. The van der Waals surface area contributed by atoms with Crippen molar-refractivity contribution in [1.29, 1.82) is 0 Å². The van der Waals surface area contributed by atoms with Crippen LogP contribution in [-0.2, 0) is 11.3 Å². The maximum absolute atomic E-state index is 12.0. The van der Waals surface area contributed by atoms with Crippen LogP contribution in [0.4, 0.5) is 0 Å². The number of benzene rings is 1. The molecule has 0 saturated heterocycles. The van der Waals surface area contributed by atoms with E-state index in [1.54, 1.807) is 0 Å². The Morgan fingerprint density at radius 2 is 1.95 bits per heavy atom. The van der Waals surface area contributed by atoms with Crippen molar-refractivity contribution in [1.82, 2.24) is 5.32 Å². The van der Waals surface area contributed by atoms with Crippen molar-refractivity contribution in [3.05, 3.63) is 35.4 Å². The Balaban J connectivity index is 0.00000220. The van der Waals surface area contributed by atoms with Crippen LogP contribution in [0.25, 0.3) is 0 Å². The van der Waals surface area contributed by atoms with Gasteiger partial charge in [-0.15, -0.1) is 12.4 Å². The van der Waals surface area contributed by atoms with Crippen LogP contribution in [-0.4, -0.2) is 24.6 Å². The Kier molecular flexibility index (Phi) is 7.15. The molecule has 0 spiro atoms. The van der Waals surface area contributed by atoms with E-state index in [1.165, 1.54) is 12.8 Å². The number of ether oxygens (including phenoxy) is 1. The van der Waals surface area contributed by atoms with Gasteiger partial charge in [-0.25, -0.2) is 0 Å².